The maximum absolute atomic E-state index is 10.8. The molecule has 24 heavy (non-hydrogen) atoms. The molecule has 0 saturated carbocycles. The number of hydrogen-bond acceptors (Lipinski definition) is 5. The van der Waals surface area contributed by atoms with Gasteiger partial charge in [-0.2, -0.15) is 5.06 Å². The largest absolute Gasteiger partial charge is 0.490 e. The van der Waals surface area contributed by atoms with Gasteiger partial charge in [0.05, 0.1) is 25.3 Å². The summed E-state index contributed by atoms with van der Waals surface area (Å²) in [5.41, 5.74) is 0.957. The Kier molecular flexibility index (Phi) is 7.26. The van der Waals surface area contributed by atoms with Crippen molar-refractivity contribution in [1.29, 1.82) is 0 Å². The molecule has 1 aromatic rings. The topological polar surface area (TPSA) is 41.9 Å². The molecule has 0 unspecified atom stereocenters. The number of thioether (sulfide) groups is 1. The van der Waals surface area contributed by atoms with E-state index in [0.717, 1.165) is 48.5 Å². The van der Waals surface area contributed by atoms with Gasteiger partial charge in [-0.3, -0.25) is 0 Å². The third kappa shape index (κ3) is 4.19. The molecular formula is C19H31NO3S. The summed E-state index contributed by atoms with van der Waals surface area (Å²) in [6, 6.07) is 4.11. The summed E-state index contributed by atoms with van der Waals surface area (Å²) in [4.78, 5) is 1.19. The van der Waals surface area contributed by atoms with Crippen LogP contribution < -0.4 is 9.47 Å². The molecule has 0 aliphatic carbocycles. The predicted molar refractivity (Wildman–Crippen MR) is 99.4 cm³/mol. The summed E-state index contributed by atoms with van der Waals surface area (Å²) in [6.45, 7) is 10.1. The fraction of sp³-hybridized carbons (Fsp3) is 0.684. The van der Waals surface area contributed by atoms with Gasteiger partial charge in [0.1, 0.15) is 0 Å². The molecule has 5 heteroatoms. The van der Waals surface area contributed by atoms with E-state index in [2.05, 4.69) is 19.9 Å². The first-order valence-corrected chi connectivity index (χ1v) is 10.1. The summed E-state index contributed by atoms with van der Waals surface area (Å²) < 4.78 is 11.5. The van der Waals surface area contributed by atoms with Crippen LogP contribution in [0, 0.1) is 0 Å². The second kappa shape index (κ2) is 8.97. The lowest BCUT2D eigenvalue weighted by molar-refractivity contribution is -0.178. The maximum atomic E-state index is 10.8. The predicted octanol–water partition coefficient (Wildman–Crippen LogP) is 5.12. The van der Waals surface area contributed by atoms with E-state index < -0.39 is 0 Å². The first-order valence-electron chi connectivity index (χ1n) is 9.12. The molecule has 0 saturated heterocycles. The van der Waals surface area contributed by atoms with E-state index in [-0.39, 0.29) is 5.54 Å². The number of hydroxylamine groups is 2. The lowest BCUT2D eigenvalue weighted by atomic mass is 9.91. The highest BCUT2D eigenvalue weighted by Crippen LogP contribution is 2.42. The molecule has 1 N–H and O–H groups in total. The number of benzene rings is 1. The number of ether oxygens (including phenoxy) is 2. The van der Waals surface area contributed by atoms with E-state index in [1.807, 2.05) is 31.7 Å². The van der Waals surface area contributed by atoms with Crippen molar-refractivity contribution in [2.45, 2.75) is 70.4 Å². The molecule has 1 atom stereocenters. The molecule has 0 fully saturated rings. The van der Waals surface area contributed by atoms with Gasteiger partial charge in [0, 0.05) is 10.6 Å². The van der Waals surface area contributed by atoms with Crippen molar-refractivity contribution in [3.8, 4) is 11.5 Å². The van der Waals surface area contributed by atoms with Crippen LogP contribution in [0.4, 0.5) is 0 Å². The Balaban J connectivity index is 2.32. The molecule has 1 aliphatic heterocycles. The van der Waals surface area contributed by atoms with E-state index >= 15 is 0 Å². The van der Waals surface area contributed by atoms with Crippen LogP contribution in [-0.4, -0.2) is 34.8 Å². The Labute approximate surface area is 150 Å². The number of unbranched alkanes of at least 4 members (excludes halogenated alkanes) is 1. The van der Waals surface area contributed by atoms with Crippen LogP contribution in [0.3, 0.4) is 0 Å². The normalized spacial score (nSPS) is 21.2. The van der Waals surface area contributed by atoms with Crippen molar-refractivity contribution in [3.05, 3.63) is 17.7 Å². The average molecular weight is 354 g/mol. The number of hydrogen-bond donors (Lipinski definition) is 1. The zero-order valence-electron chi connectivity index (χ0n) is 15.4. The van der Waals surface area contributed by atoms with Crippen molar-refractivity contribution in [2.24, 2.45) is 0 Å². The summed E-state index contributed by atoms with van der Waals surface area (Å²) >= 11 is 1.82. The van der Waals surface area contributed by atoms with Crippen molar-refractivity contribution in [2.75, 3.05) is 19.0 Å². The Morgan fingerprint density at radius 2 is 1.79 bits per heavy atom. The smallest absolute Gasteiger partial charge is 0.162 e. The van der Waals surface area contributed by atoms with Crippen molar-refractivity contribution in [3.63, 3.8) is 0 Å². The van der Waals surface area contributed by atoms with Gasteiger partial charge in [-0.25, -0.2) is 0 Å². The molecule has 1 aromatic carbocycles. The summed E-state index contributed by atoms with van der Waals surface area (Å²) in [7, 11) is 0. The van der Waals surface area contributed by atoms with E-state index in [1.165, 1.54) is 4.90 Å². The van der Waals surface area contributed by atoms with E-state index in [0.29, 0.717) is 19.8 Å². The minimum Gasteiger partial charge on any atom is -0.490 e. The van der Waals surface area contributed by atoms with E-state index in [4.69, 9.17) is 9.47 Å². The van der Waals surface area contributed by atoms with Crippen molar-refractivity contribution >= 4 is 11.8 Å². The van der Waals surface area contributed by atoms with Crippen molar-refractivity contribution < 1.29 is 14.7 Å². The van der Waals surface area contributed by atoms with Crippen LogP contribution in [0.2, 0.25) is 0 Å². The first kappa shape index (κ1) is 19.4. The minimum absolute atomic E-state index is 0.156. The summed E-state index contributed by atoms with van der Waals surface area (Å²) in [5, 5.41) is 12.4. The average Bonchev–Trinajstić information content (AvgIpc) is 2.71. The molecule has 1 aliphatic rings. The standard InChI is InChI=1S/C19H31NO3S/c1-5-9-10-19(6-2)14-24-18-12-17(23-8-4)16(22-7-3)11-15(18)13-20(19)21/h11-12,21H,5-10,13-14H2,1-4H3/t19-/m1/s1. The third-order valence-corrected chi connectivity index (χ3v) is 6.12. The third-order valence-electron chi connectivity index (χ3n) is 4.74. The highest BCUT2D eigenvalue weighted by atomic mass is 32.2. The molecule has 0 bridgehead atoms. The van der Waals surface area contributed by atoms with Gasteiger partial charge in [-0.05, 0) is 44.4 Å². The Bertz CT molecular complexity index is 538. The Morgan fingerprint density at radius 1 is 1.12 bits per heavy atom. The highest BCUT2D eigenvalue weighted by Gasteiger charge is 2.37. The van der Waals surface area contributed by atoms with Gasteiger partial charge in [0.25, 0.3) is 0 Å². The summed E-state index contributed by atoms with van der Waals surface area (Å²) in [6.07, 6.45) is 4.25. The maximum Gasteiger partial charge on any atom is 0.162 e. The SMILES string of the molecule is CCCC[C@]1(CC)CSc2cc(OCC)c(OCC)cc2CN1O. The Hall–Kier alpha value is -0.910. The van der Waals surface area contributed by atoms with Crippen LogP contribution in [0.1, 0.15) is 58.9 Å². The molecule has 0 amide bonds. The molecular weight excluding hydrogens is 322 g/mol. The van der Waals surface area contributed by atoms with Gasteiger partial charge in [-0.1, -0.05) is 26.7 Å². The lowest BCUT2D eigenvalue weighted by Gasteiger charge is -2.38. The number of nitrogens with zero attached hydrogens (tertiary/aromatic N) is 1. The molecule has 2 rings (SSSR count). The van der Waals surface area contributed by atoms with Crippen LogP contribution in [0.25, 0.3) is 0 Å². The van der Waals surface area contributed by atoms with Crippen LogP contribution >= 0.6 is 11.8 Å². The molecule has 1 heterocycles. The zero-order valence-corrected chi connectivity index (χ0v) is 16.2. The monoisotopic (exact) mass is 353 g/mol. The second-order valence-electron chi connectivity index (χ2n) is 6.30. The molecule has 0 aromatic heterocycles. The van der Waals surface area contributed by atoms with Crippen LogP contribution in [0.5, 0.6) is 11.5 Å². The molecule has 0 spiro atoms. The molecule has 4 nitrogen and oxygen atoms in total. The van der Waals surface area contributed by atoms with Gasteiger partial charge < -0.3 is 14.7 Å². The Morgan fingerprint density at radius 3 is 2.38 bits per heavy atom. The highest BCUT2D eigenvalue weighted by molar-refractivity contribution is 7.99. The fourth-order valence-corrected chi connectivity index (χ4v) is 4.58. The quantitative estimate of drug-likeness (QED) is 0.702. The van der Waals surface area contributed by atoms with Crippen LogP contribution in [-0.2, 0) is 6.54 Å². The zero-order chi connectivity index (χ0) is 17.6. The number of rotatable bonds is 8. The number of fused-ring (bicyclic) bond motifs is 1. The fourth-order valence-electron chi connectivity index (χ4n) is 3.16. The van der Waals surface area contributed by atoms with Crippen molar-refractivity contribution in [1.82, 2.24) is 5.06 Å². The van der Waals surface area contributed by atoms with Gasteiger partial charge in [-0.15, -0.1) is 11.8 Å². The van der Waals surface area contributed by atoms with Gasteiger partial charge in [0.15, 0.2) is 11.5 Å². The first-order chi connectivity index (χ1) is 11.6. The van der Waals surface area contributed by atoms with Crippen LogP contribution in [0.15, 0.2) is 17.0 Å². The molecule has 136 valence electrons. The minimum atomic E-state index is -0.156. The van der Waals surface area contributed by atoms with E-state index in [9.17, 15) is 5.21 Å². The van der Waals surface area contributed by atoms with Gasteiger partial charge in [0.2, 0.25) is 0 Å². The van der Waals surface area contributed by atoms with E-state index in [1.54, 1.807) is 5.06 Å². The molecule has 0 radical (unpaired) electrons. The van der Waals surface area contributed by atoms with Gasteiger partial charge >= 0.3 is 0 Å². The lowest BCUT2D eigenvalue weighted by Crippen LogP contribution is -2.47. The second-order valence-corrected chi connectivity index (χ2v) is 7.32. The summed E-state index contributed by atoms with van der Waals surface area (Å²) in [5.74, 6) is 2.46.